The van der Waals surface area contributed by atoms with Crippen LogP contribution in [0.1, 0.15) is 18.2 Å². The number of nitrogens with zero attached hydrogens (tertiary/aromatic N) is 2. The summed E-state index contributed by atoms with van der Waals surface area (Å²) in [7, 11) is 1.82. The van der Waals surface area contributed by atoms with E-state index in [0.717, 1.165) is 11.4 Å². The molecule has 0 fully saturated rings. The van der Waals surface area contributed by atoms with Crippen molar-refractivity contribution in [1.29, 1.82) is 0 Å². The molecule has 1 unspecified atom stereocenters. The standard InChI is InChI=1S/C13H16N2O2/c1-15-12(7-9-14-15)13(16)8-10-17-11-5-3-2-4-6-11/h2-7,9,13,16H,8,10H2,1H3. The number of ether oxygens (including phenoxy) is 1. The lowest BCUT2D eigenvalue weighted by atomic mass is 10.2. The van der Waals surface area contributed by atoms with Crippen LogP contribution in [0.2, 0.25) is 0 Å². The Bertz CT molecular complexity index is 453. The quantitative estimate of drug-likeness (QED) is 0.856. The van der Waals surface area contributed by atoms with Gasteiger partial charge in [-0.3, -0.25) is 4.68 Å². The molecule has 4 nitrogen and oxygen atoms in total. The third-order valence-electron chi connectivity index (χ3n) is 2.60. The van der Waals surface area contributed by atoms with E-state index in [-0.39, 0.29) is 0 Å². The zero-order valence-corrected chi connectivity index (χ0v) is 9.78. The first-order valence-corrected chi connectivity index (χ1v) is 5.61. The summed E-state index contributed by atoms with van der Waals surface area (Å²) >= 11 is 0. The minimum Gasteiger partial charge on any atom is -0.493 e. The lowest BCUT2D eigenvalue weighted by Crippen LogP contribution is -2.09. The number of aliphatic hydroxyl groups excluding tert-OH is 1. The van der Waals surface area contributed by atoms with Crippen LogP contribution in [0.15, 0.2) is 42.6 Å². The average Bonchev–Trinajstić information content (AvgIpc) is 2.77. The summed E-state index contributed by atoms with van der Waals surface area (Å²) in [5, 5.41) is 13.9. The van der Waals surface area contributed by atoms with Gasteiger partial charge < -0.3 is 9.84 Å². The van der Waals surface area contributed by atoms with Crippen LogP contribution >= 0.6 is 0 Å². The molecule has 17 heavy (non-hydrogen) atoms. The van der Waals surface area contributed by atoms with Gasteiger partial charge >= 0.3 is 0 Å². The minimum absolute atomic E-state index is 0.482. The van der Waals surface area contributed by atoms with Crippen molar-refractivity contribution in [2.24, 2.45) is 7.05 Å². The highest BCUT2D eigenvalue weighted by Gasteiger charge is 2.11. The molecule has 0 aliphatic rings. The molecule has 1 aromatic heterocycles. The predicted molar refractivity (Wildman–Crippen MR) is 64.7 cm³/mol. The molecular weight excluding hydrogens is 216 g/mol. The summed E-state index contributed by atoms with van der Waals surface area (Å²) in [4.78, 5) is 0. The average molecular weight is 232 g/mol. The van der Waals surface area contributed by atoms with Gasteiger partial charge in [0, 0.05) is 19.7 Å². The van der Waals surface area contributed by atoms with Crippen LogP contribution in [0, 0.1) is 0 Å². The number of hydrogen-bond acceptors (Lipinski definition) is 3. The highest BCUT2D eigenvalue weighted by molar-refractivity contribution is 5.20. The molecule has 2 rings (SSSR count). The van der Waals surface area contributed by atoms with E-state index in [0.29, 0.717) is 13.0 Å². The Morgan fingerprint density at radius 3 is 2.71 bits per heavy atom. The van der Waals surface area contributed by atoms with Gasteiger partial charge in [-0.2, -0.15) is 5.10 Å². The maximum Gasteiger partial charge on any atom is 0.119 e. The fraction of sp³-hybridized carbons (Fsp3) is 0.308. The maximum absolute atomic E-state index is 9.93. The molecule has 1 heterocycles. The van der Waals surface area contributed by atoms with Crippen molar-refractivity contribution in [1.82, 2.24) is 9.78 Å². The Labute approximate surface area is 100 Å². The van der Waals surface area contributed by atoms with Gasteiger partial charge in [-0.1, -0.05) is 18.2 Å². The minimum atomic E-state index is -0.536. The van der Waals surface area contributed by atoms with Crippen molar-refractivity contribution in [2.75, 3.05) is 6.61 Å². The first-order chi connectivity index (χ1) is 8.27. The predicted octanol–water partition coefficient (Wildman–Crippen LogP) is 1.92. The summed E-state index contributed by atoms with van der Waals surface area (Å²) in [6.45, 7) is 0.482. The first-order valence-electron chi connectivity index (χ1n) is 5.61. The van der Waals surface area contributed by atoms with E-state index >= 15 is 0 Å². The summed E-state index contributed by atoms with van der Waals surface area (Å²) < 4.78 is 7.20. The summed E-state index contributed by atoms with van der Waals surface area (Å²) in [5.74, 6) is 0.824. The van der Waals surface area contributed by atoms with Crippen LogP contribution in [0.25, 0.3) is 0 Å². The molecule has 1 aromatic carbocycles. The number of hydrogen-bond donors (Lipinski definition) is 1. The van der Waals surface area contributed by atoms with Crippen molar-refractivity contribution in [3.8, 4) is 5.75 Å². The monoisotopic (exact) mass is 232 g/mol. The van der Waals surface area contributed by atoms with Gasteiger partial charge in [0.1, 0.15) is 5.75 Å². The molecule has 1 N–H and O–H groups in total. The normalized spacial score (nSPS) is 12.4. The molecule has 0 radical (unpaired) electrons. The van der Waals surface area contributed by atoms with Gasteiger partial charge in [-0.15, -0.1) is 0 Å². The lowest BCUT2D eigenvalue weighted by molar-refractivity contribution is 0.133. The SMILES string of the molecule is Cn1nccc1C(O)CCOc1ccccc1. The van der Waals surface area contributed by atoms with E-state index in [9.17, 15) is 5.11 Å². The smallest absolute Gasteiger partial charge is 0.119 e. The molecular formula is C13H16N2O2. The molecule has 1 atom stereocenters. The second kappa shape index (κ2) is 5.50. The molecule has 90 valence electrons. The second-order valence-corrected chi connectivity index (χ2v) is 3.85. The Hall–Kier alpha value is -1.81. The third-order valence-corrected chi connectivity index (χ3v) is 2.60. The lowest BCUT2D eigenvalue weighted by Gasteiger charge is -2.11. The fourth-order valence-corrected chi connectivity index (χ4v) is 1.66. The Morgan fingerprint density at radius 2 is 2.06 bits per heavy atom. The molecule has 0 amide bonds. The molecule has 0 saturated heterocycles. The van der Waals surface area contributed by atoms with Gasteiger partial charge in [0.25, 0.3) is 0 Å². The van der Waals surface area contributed by atoms with Crippen LogP contribution in [-0.2, 0) is 7.05 Å². The van der Waals surface area contributed by atoms with Crippen molar-refractivity contribution in [3.05, 3.63) is 48.3 Å². The summed E-state index contributed by atoms with van der Waals surface area (Å²) in [6.07, 6.45) is 1.69. The number of benzene rings is 1. The largest absolute Gasteiger partial charge is 0.493 e. The van der Waals surface area contributed by atoms with Crippen LogP contribution < -0.4 is 4.74 Å². The highest BCUT2D eigenvalue weighted by Crippen LogP contribution is 2.16. The van der Waals surface area contributed by atoms with Crippen LogP contribution in [0.3, 0.4) is 0 Å². The fourth-order valence-electron chi connectivity index (χ4n) is 1.66. The third kappa shape index (κ3) is 3.07. The summed E-state index contributed by atoms with van der Waals surface area (Å²) in [5.41, 5.74) is 0.807. The molecule has 4 heteroatoms. The van der Waals surface area contributed by atoms with Gasteiger partial charge in [-0.05, 0) is 18.2 Å². The van der Waals surface area contributed by atoms with Crippen LogP contribution in [-0.4, -0.2) is 21.5 Å². The maximum atomic E-state index is 9.93. The number of aryl methyl sites for hydroxylation is 1. The van der Waals surface area contributed by atoms with E-state index in [1.807, 2.05) is 43.4 Å². The van der Waals surface area contributed by atoms with E-state index in [1.54, 1.807) is 10.9 Å². The van der Waals surface area contributed by atoms with E-state index in [4.69, 9.17) is 4.74 Å². The molecule has 0 saturated carbocycles. The number of para-hydroxylation sites is 1. The van der Waals surface area contributed by atoms with E-state index < -0.39 is 6.10 Å². The first kappa shape index (κ1) is 11.7. The highest BCUT2D eigenvalue weighted by atomic mass is 16.5. The summed E-state index contributed by atoms with van der Waals surface area (Å²) in [6, 6.07) is 11.4. The number of aromatic nitrogens is 2. The van der Waals surface area contributed by atoms with Crippen molar-refractivity contribution in [2.45, 2.75) is 12.5 Å². The molecule has 0 aliphatic heterocycles. The van der Waals surface area contributed by atoms with Gasteiger partial charge in [-0.25, -0.2) is 0 Å². The second-order valence-electron chi connectivity index (χ2n) is 3.85. The zero-order chi connectivity index (χ0) is 12.1. The van der Waals surface area contributed by atoms with E-state index in [1.165, 1.54) is 0 Å². The number of rotatable bonds is 5. The Morgan fingerprint density at radius 1 is 1.29 bits per heavy atom. The topological polar surface area (TPSA) is 47.3 Å². The van der Waals surface area contributed by atoms with Crippen LogP contribution in [0.5, 0.6) is 5.75 Å². The van der Waals surface area contributed by atoms with Crippen LogP contribution in [0.4, 0.5) is 0 Å². The van der Waals surface area contributed by atoms with Crippen molar-refractivity contribution < 1.29 is 9.84 Å². The molecule has 0 bridgehead atoms. The van der Waals surface area contributed by atoms with Gasteiger partial charge in [0.2, 0.25) is 0 Å². The Kier molecular flexibility index (Phi) is 3.77. The van der Waals surface area contributed by atoms with Gasteiger partial charge in [0.05, 0.1) is 18.4 Å². The van der Waals surface area contributed by atoms with E-state index in [2.05, 4.69) is 5.10 Å². The van der Waals surface area contributed by atoms with Crippen molar-refractivity contribution >= 4 is 0 Å². The molecule has 0 aliphatic carbocycles. The van der Waals surface area contributed by atoms with Gasteiger partial charge in [0.15, 0.2) is 0 Å². The Balaban J connectivity index is 1.81. The number of aliphatic hydroxyl groups is 1. The van der Waals surface area contributed by atoms with Crippen molar-refractivity contribution in [3.63, 3.8) is 0 Å². The zero-order valence-electron chi connectivity index (χ0n) is 9.78. The molecule has 0 spiro atoms. The molecule has 2 aromatic rings.